The minimum absolute atomic E-state index is 0.0180. The molecule has 0 aromatic heterocycles. The Morgan fingerprint density at radius 2 is 1.96 bits per heavy atom. The first-order chi connectivity index (χ1) is 13.0. The van der Waals surface area contributed by atoms with E-state index in [4.69, 9.17) is 0 Å². The van der Waals surface area contributed by atoms with E-state index in [1.54, 1.807) is 0 Å². The molecule has 1 N–H and O–H groups in total. The summed E-state index contributed by atoms with van der Waals surface area (Å²) in [6.07, 6.45) is 2.23. The highest BCUT2D eigenvalue weighted by Gasteiger charge is 2.36. The summed E-state index contributed by atoms with van der Waals surface area (Å²) in [5.41, 5.74) is 2.85. The summed E-state index contributed by atoms with van der Waals surface area (Å²) < 4.78 is 0. The Bertz CT molecular complexity index is 673. The maximum Gasteiger partial charge on any atom is 0.225 e. The third-order valence-electron chi connectivity index (χ3n) is 5.90. The molecule has 5 nitrogen and oxygen atoms in total. The zero-order valence-corrected chi connectivity index (χ0v) is 16.9. The highest BCUT2D eigenvalue weighted by atomic mass is 16.2. The Balaban J connectivity index is 1.47. The number of carbonyl (C=O) groups excluding carboxylic acids is 2. The van der Waals surface area contributed by atoms with Gasteiger partial charge in [0.2, 0.25) is 11.8 Å². The van der Waals surface area contributed by atoms with Crippen molar-refractivity contribution in [2.75, 3.05) is 26.2 Å². The van der Waals surface area contributed by atoms with E-state index < -0.39 is 0 Å². The normalized spacial score (nSPS) is 23.4. The van der Waals surface area contributed by atoms with Crippen molar-refractivity contribution in [3.63, 3.8) is 0 Å². The third kappa shape index (κ3) is 4.89. The maximum absolute atomic E-state index is 12.7. The predicted molar refractivity (Wildman–Crippen MR) is 107 cm³/mol. The van der Waals surface area contributed by atoms with Crippen molar-refractivity contribution in [1.29, 1.82) is 0 Å². The van der Waals surface area contributed by atoms with Gasteiger partial charge in [-0.3, -0.25) is 14.5 Å². The second-order valence-electron chi connectivity index (χ2n) is 8.41. The first-order valence-corrected chi connectivity index (χ1v) is 10.3. The number of fused-ring (bicyclic) bond motifs is 1. The minimum atomic E-state index is -0.0940. The van der Waals surface area contributed by atoms with E-state index in [1.165, 1.54) is 11.1 Å². The van der Waals surface area contributed by atoms with Gasteiger partial charge in [-0.15, -0.1) is 0 Å². The average Bonchev–Trinajstić information content (AvgIpc) is 2.64. The standard InChI is InChI=1S/C22H33N3O2/c1-16(2)14-25-17(3)20(8-9-21(25)26)22(27)23-11-13-24-12-10-18-6-4-5-7-19(18)15-24/h4-7,16-17,20H,8-15H2,1-3H3,(H,23,27)/t17-,20-/m1/s1. The molecule has 1 fully saturated rings. The Kier molecular flexibility index (Phi) is 6.53. The van der Waals surface area contributed by atoms with Crippen LogP contribution in [-0.2, 0) is 22.6 Å². The number of hydrogen-bond donors (Lipinski definition) is 1. The zero-order chi connectivity index (χ0) is 19.4. The predicted octanol–water partition coefficient (Wildman–Crippen LogP) is 2.44. The number of rotatable bonds is 6. The monoisotopic (exact) mass is 371 g/mol. The van der Waals surface area contributed by atoms with Crippen molar-refractivity contribution in [3.05, 3.63) is 35.4 Å². The summed E-state index contributed by atoms with van der Waals surface area (Å²) >= 11 is 0. The van der Waals surface area contributed by atoms with E-state index in [-0.39, 0.29) is 23.8 Å². The number of hydrogen-bond acceptors (Lipinski definition) is 3. The Hall–Kier alpha value is -1.88. The van der Waals surface area contributed by atoms with E-state index in [9.17, 15) is 9.59 Å². The van der Waals surface area contributed by atoms with Crippen molar-refractivity contribution in [1.82, 2.24) is 15.1 Å². The molecule has 0 bridgehead atoms. The first-order valence-electron chi connectivity index (χ1n) is 10.3. The van der Waals surface area contributed by atoms with Crippen molar-refractivity contribution in [3.8, 4) is 0 Å². The van der Waals surface area contributed by atoms with E-state index in [2.05, 4.69) is 48.3 Å². The molecule has 27 heavy (non-hydrogen) atoms. The fourth-order valence-corrected chi connectivity index (χ4v) is 4.33. The van der Waals surface area contributed by atoms with Gasteiger partial charge in [0, 0.05) is 45.2 Å². The molecule has 148 valence electrons. The molecule has 1 aromatic rings. The van der Waals surface area contributed by atoms with Gasteiger partial charge in [0.05, 0.1) is 5.92 Å². The molecule has 0 aliphatic carbocycles. The van der Waals surface area contributed by atoms with Crippen molar-refractivity contribution < 1.29 is 9.59 Å². The van der Waals surface area contributed by atoms with E-state index in [0.717, 1.165) is 32.6 Å². The average molecular weight is 372 g/mol. The van der Waals surface area contributed by atoms with Crippen LogP contribution in [0.4, 0.5) is 0 Å². The minimum Gasteiger partial charge on any atom is -0.355 e. The van der Waals surface area contributed by atoms with Crippen molar-refractivity contribution in [2.45, 2.75) is 52.6 Å². The molecule has 3 rings (SSSR count). The summed E-state index contributed by atoms with van der Waals surface area (Å²) in [6, 6.07) is 8.59. The molecular formula is C22H33N3O2. The van der Waals surface area contributed by atoms with Gasteiger partial charge in [-0.2, -0.15) is 0 Å². The molecule has 2 amide bonds. The fourth-order valence-electron chi connectivity index (χ4n) is 4.33. The molecule has 2 aliphatic rings. The summed E-state index contributed by atoms with van der Waals surface area (Å²) in [5, 5.41) is 3.12. The van der Waals surface area contributed by atoms with Gasteiger partial charge in [-0.05, 0) is 36.8 Å². The number of likely N-dealkylation sites (tertiary alicyclic amines) is 1. The van der Waals surface area contributed by atoms with E-state index >= 15 is 0 Å². The van der Waals surface area contributed by atoms with Gasteiger partial charge in [-0.25, -0.2) is 0 Å². The molecule has 2 atom stereocenters. The second-order valence-corrected chi connectivity index (χ2v) is 8.41. The van der Waals surface area contributed by atoms with Gasteiger partial charge in [0.1, 0.15) is 0 Å². The van der Waals surface area contributed by atoms with Crippen LogP contribution in [0.15, 0.2) is 24.3 Å². The van der Waals surface area contributed by atoms with E-state index in [1.807, 2.05) is 11.8 Å². The Labute approximate surface area is 163 Å². The Morgan fingerprint density at radius 3 is 2.70 bits per heavy atom. The van der Waals surface area contributed by atoms with Crippen LogP contribution in [0.3, 0.4) is 0 Å². The largest absolute Gasteiger partial charge is 0.355 e. The summed E-state index contributed by atoms with van der Waals surface area (Å²) in [6.45, 7) is 10.5. The number of amides is 2. The topological polar surface area (TPSA) is 52.7 Å². The van der Waals surface area contributed by atoms with Gasteiger partial charge < -0.3 is 10.2 Å². The smallest absolute Gasteiger partial charge is 0.225 e. The van der Waals surface area contributed by atoms with Crippen molar-refractivity contribution in [2.24, 2.45) is 11.8 Å². The van der Waals surface area contributed by atoms with Gasteiger partial charge in [-0.1, -0.05) is 38.1 Å². The summed E-state index contributed by atoms with van der Waals surface area (Å²) in [4.78, 5) is 29.2. The lowest BCUT2D eigenvalue weighted by Gasteiger charge is -2.39. The van der Waals surface area contributed by atoms with Crippen LogP contribution < -0.4 is 5.32 Å². The summed E-state index contributed by atoms with van der Waals surface area (Å²) in [7, 11) is 0. The number of benzene rings is 1. The summed E-state index contributed by atoms with van der Waals surface area (Å²) in [5.74, 6) is 0.608. The lowest BCUT2D eigenvalue weighted by molar-refractivity contribution is -0.143. The number of nitrogens with one attached hydrogen (secondary N) is 1. The van der Waals surface area contributed by atoms with Crippen LogP contribution >= 0.6 is 0 Å². The van der Waals surface area contributed by atoms with Crippen LogP contribution in [0.1, 0.15) is 44.7 Å². The molecule has 0 saturated carbocycles. The molecule has 1 saturated heterocycles. The molecule has 5 heteroatoms. The second kappa shape index (κ2) is 8.87. The lowest BCUT2D eigenvalue weighted by Crippen LogP contribution is -2.53. The van der Waals surface area contributed by atoms with Gasteiger partial charge >= 0.3 is 0 Å². The first kappa shape index (κ1) is 19.9. The molecule has 0 spiro atoms. The zero-order valence-electron chi connectivity index (χ0n) is 16.9. The highest BCUT2D eigenvalue weighted by molar-refractivity contribution is 5.84. The van der Waals surface area contributed by atoms with Gasteiger partial charge in [0.15, 0.2) is 0 Å². The van der Waals surface area contributed by atoms with Crippen LogP contribution in [0.25, 0.3) is 0 Å². The van der Waals surface area contributed by atoms with Crippen molar-refractivity contribution >= 4 is 11.8 Å². The van der Waals surface area contributed by atoms with Crippen LogP contribution in [-0.4, -0.2) is 53.8 Å². The van der Waals surface area contributed by atoms with Crippen LogP contribution in [0.2, 0.25) is 0 Å². The molecular weight excluding hydrogens is 338 g/mol. The maximum atomic E-state index is 12.7. The Morgan fingerprint density at radius 1 is 1.22 bits per heavy atom. The lowest BCUT2D eigenvalue weighted by atomic mass is 9.88. The molecule has 0 unspecified atom stereocenters. The molecule has 0 radical (unpaired) electrons. The van der Waals surface area contributed by atoms with Crippen LogP contribution in [0.5, 0.6) is 0 Å². The number of nitrogens with zero attached hydrogens (tertiary/aromatic N) is 2. The highest BCUT2D eigenvalue weighted by Crippen LogP contribution is 2.25. The number of piperidine rings is 1. The third-order valence-corrected chi connectivity index (χ3v) is 5.90. The van der Waals surface area contributed by atoms with Crippen LogP contribution in [0, 0.1) is 11.8 Å². The van der Waals surface area contributed by atoms with E-state index in [0.29, 0.717) is 25.3 Å². The fraction of sp³-hybridized carbons (Fsp3) is 0.636. The molecule has 2 aliphatic heterocycles. The number of carbonyl (C=O) groups is 2. The molecule has 1 aromatic carbocycles. The molecule has 2 heterocycles. The quantitative estimate of drug-likeness (QED) is 0.836. The SMILES string of the molecule is CC(C)CN1C(=O)CC[C@@H](C(=O)NCCN2CCc3ccccc3C2)[C@H]1C. The van der Waals surface area contributed by atoms with Gasteiger partial charge in [0.25, 0.3) is 0 Å².